The van der Waals surface area contributed by atoms with Crippen molar-refractivity contribution in [2.45, 2.75) is 40.5 Å². The van der Waals surface area contributed by atoms with Crippen molar-refractivity contribution >= 4 is 11.4 Å². The van der Waals surface area contributed by atoms with Crippen LogP contribution in [0.15, 0.2) is 24.3 Å². The second-order valence-corrected chi connectivity index (χ2v) is 5.50. The molecular formula is C18H31N3O2. The van der Waals surface area contributed by atoms with Crippen LogP contribution in [0.25, 0.3) is 0 Å². The molecule has 1 saturated carbocycles. The predicted molar refractivity (Wildman–Crippen MR) is 97.2 cm³/mol. The number of benzene rings is 1. The maximum absolute atomic E-state index is 10.6. The van der Waals surface area contributed by atoms with Gasteiger partial charge in [0.2, 0.25) is 0 Å². The summed E-state index contributed by atoms with van der Waals surface area (Å²) in [5.41, 5.74) is 1.26. The van der Waals surface area contributed by atoms with Crippen molar-refractivity contribution in [3.05, 3.63) is 34.4 Å². The summed E-state index contributed by atoms with van der Waals surface area (Å²) in [7, 11) is 0. The summed E-state index contributed by atoms with van der Waals surface area (Å²) in [5, 5.41) is 10.6. The smallest absolute Gasteiger partial charge is 0.269 e. The van der Waals surface area contributed by atoms with Gasteiger partial charge in [-0.25, -0.2) is 0 Å². The summed E-state index contributed by atoms with van der Waals surface area (Å²) in [6.07, 6.45) is 2.81. The third kappa shape index (κ3) is 6.18. The number of rotatable bonds is 4. The van der Waals surface area contributed by atoms with Gasteiger partial charge < -0.3 is 4.90 Å². The van der Waals surface area contributed by atoms with Crippen molar-refractivity contribution in [2.24, 2.45) is 5.92 Å². The van der Waals surface area contributed by atoms with E-state index in [-0.39, 0.29) is 10.6 Å². The molecule has 5 heteroatoms. The summed E-state index contributed by atoms with van der Waals surface area (Å²) >= 11 is 0. The molecule has 130 valence electrons. The Balaban J connectivity index is 0.000000615. The van der Waals surface area contributed by atoms with E-state index < -0.39 is 0 Å². The van der Waals surface area contributed by atoms with Crippen molar-refractivity contribution in [3.8, 4) is 0 Å². The molecule has 1 aromatic carbocycles. The summed E-state index contributed by atoms with van der Waals surface area (Å²) in [6, 6.07) is 6.89. The first-order valence-electron chi connectivity index (χ1n) is 8.94. The van der Waals surface area contributed by atoms with E-state index in [1.807, 2.05) is 39.8 Å². The molecule has 1 saturated heterocycles. The molecule has 1 aliphatic heterocycles. The molecule has 3 rings (SSSR count). The average molecular weight is 321 g/mol. The van der Waals surface area contributed by atoms with E-state index in [1.165, 1.54) is 19.4 Å². The minimum Gasteiger partial charge on any atom is -0.369 e. The Hall–Kier alpha value is -1.62. The van der Waals surface area contributed by atoms with Gasteiger partial charge in [-0.15, -0.1) is 0 Å². The van der Waals surface area contributed by atoms with Gasteiger partial charge in [0, 0.05) is 50.5 Å². The van der Waals surface area contributed by atoms with Crippen LogP contribution in [0.5, 0.6) is 0 Å². The van der Waals surface area contributed by atoms with Gasteiger partial charge in [0.1, 0.15) is 0 Å². The van der Waals surface area contributed by atoms with Gasteiger partial charge in [0.15, 0.2) is 0 Å². The van der Waals surface area contributed by atoms with E-state index in [2.05, 4.69) is 9.80 Å². The lowest BCUT2D eigenvalue weighted by Crippen LogP contribution is -2.47. The minimum absolute atomic E-state index is 0.163. The molecule has 0 aromatic heterocycles. The summed E-state index contributed by atoms with van der Waals surface area (Å²) < 4.78 is 0. The van der Waals surface area contributed by atoms with E-state index in [1.54, 1.807) is 12.1 Å². The van der Waals surface area contributed by atoms with Gasteiger partial charge >= 0.3 is 0 Å². The van der Waals surface area contributed by atoms with Gasteiger partial charge in [0.25, 0.3) is 5.69 Å². The molecular weight excluding hydrogens is 290 g/mol. The molecule has 1 aliphatic carbocycles. The number of hydrogen-bond donors (Lipinski definition) is 0. The third-order valence-corrected chi connectivity index (χ3v) is 4.01. The van der Waals surface area contributed by atoms with Crippen LogP contribution < -0.4 is 4.90 Å². The monoisotopic (exact) mass is 321 g/mol. The highest BCUT2D eigenvalue weighted by molar-refractivity contribution is 5.51. The molecule has 2 fully saturated rings. The maximum Gasteiger partial charge on any atom is 0.269 e. The average Bonchev–Trinajstić information content (AvgIpc) is 3.43. The zero-order valence-corrected chi connectivity index (χ0v) is 15.0. The molecule has 2 aliphatic rings. The lowest BCUT2D eigenvalue weighted by Gasteiger charge is -2.36. The van der Waals surface area contributed by atoms with Crippen molar-refractivity contribution < 1.29 is 4.92 Å². The Bertz CT molecular complexity index is 450. The molecule has 0 amide bonds. The number of nitro benzene ring substituents is 1. The zero-order chi connectivity index (χ0) is 17.2. The first kappa shape index (κ1) is 19.4. The fraction of sp³-hybridized carbons (Fsp3) is 0.667. The number of anilines is 1. The summed E-state index contributed by atoms with van der Waals surface area (Å²) in [6.45, 7) is 13.5. The van der Waals surface area contributed by atoms with Gasteiger partial charge in [0.05, 0.1) is 4.92 Å². The first-order chi connectivity index (χ1) is 11.2. The van der Waals surface area contributed by atoms with Crippen molar-refractivity contribution in [1.29, 1.82) is 0 Å². The minimum atomic E-state index is -0.350. The fourth-order valence-corrected chi connectivity index (χ4v) is 2.64. The van der Waals surface area contributed by atoms with Crippen LogP contribution in [-0.4, -0.2) is 42.5 Å². The van der Waals surface area contributed by atoms with Gasteiger partial charge in [-0.3, -0.25) is 15.0 Å². The highest BCUT2D eigenvalue weighted by atomic mass is 16.6. The lowest BCUT2D eigenvalue weighted by atomic mass is 10.2. The molecule has 1 heterocycles. The van der Waals surface area contributed by atoms with Gasteiger partial charge in [-0.2, -0.15) is 0 Å². The summed E-state index contributed by atoms with van der Waals surface area (Å²) in [5.74, 6) is 0.950. The molecule has 0 unspecified atom stereocenters. The third-order valence-electron chi connectivity index (χ3n) is 4.01. The van der Waals surface area contributed by atoms with Crippen LogP contribution in [0.1, 0.15) is 40.5 Å². The fourth-order valence-electron chi connectivity index (χ4n) is 2.64. The Kier molecular flexibility index (Phi) is 8.62. The molecule has 0 spiro atoms. The van der Waals surface area contributed by atoms with Crippen LogP contribution in [0.2, 0.25) is 0 Å². The Morgan fingerprint density at radius 3 is 1.96 bits per heavy atom. The SMILES string of the molecule is CC.CC.O=[N+]([O-])c1ccc(N2CCN(CC3CC3)CC2)cc1. The molecule has 0 N–H and O–H groups in total. The largest absolute Gasteiger partial charge is 0.369 e. The molecule has 0 bridgehead atoms. The van der Waals surface area contributed by atoms with Crippen molar-refractivity contribution in [1.82, 2.24) is 4.90 Å². The van der Waals surface area contributed by atoms with Gasteiger partial charge in [-0.1, -0.05) is 27.7 Å². The Morgan fingerprint density at radius 1 is 1.00 bits per heavy atom. The predicted octanol–water partition coefficient (Wildman–Crippen LogP) is 4.18. The normalized spacial score (nSPS) is 17.5. The lowest BCUT2D eigenvalue weighted by molar-refractivity contribution is -0.384. The summed E-state index contributed by atoms with van der Waals surface area (Å²) in [4.78, 5) is 15.1. The van der Waals surface area contributed by atoms with Crippen LogP contribution in [0.4, 0.5) is 11.4 Å². The first-order valence-corrected chi connectivity index (χ1v) is 8.94. The van der Waals surface area contributed by atoms with Crippen LogP contribution >= 0.6 is 0 Å². The Labute approximate surface area is 140 Å². The second kappa shape index (κ2) is 10.2. The maximum atomic E-state index is 10.6. The topological polar surface area (TPSA) is 49.6 Å². The van der Waals surface area contributed by atoms with Crippen molar-refractivity contribution in [2.75, 3.05) is 37.6 Å². The van der Waals surface area contributed by atoms with Crippen molar-refractivity contribution in [3.63, 3.8) is 0 Å². The number of hydrogen-bond acceptors (Lipinski definition) is 4. The highest BCUT2D eigenvalue weighted by Crippen LogP contribution is 2.30. The molecule has 0 radical (unpaired) electrons. The highest BCUT2D eigenvalue weighted by Gasteiger charge is 2.26. The quantitative estimate of drug-likeness (QED) is 0.616. The van der Waals surface area contributed by atoms with E-state index in [4.69, 9.17) is 0 Å². The zero-order valence-electron chi connectivity index (χ0n) is 15.0. The number of nitrogens with zero attached hydrogens (tertiary/aromatic N) is 3. The standard InChI is InChI=1S/C14H19N3O2.2C2H6/c18-17(19)14-5-3-13(4-6-14)16-9-7-15(8-10-16)11-12-1-2-12;2*1-2/h3-6,12H,1-2,7-11H2;2*1-2H3. The molecule has 0 atom stereocenters. The Morgan fingerprint density at radius 2 is 1.52 bits per heavy atom. The number of nitro groups is 1. The molecule has 1 aromatic rings. The number of piperazine rings is 1. The van der Waals surface area contributed by atoms with Crippen LogP contribution in [0, 0.1) is 16.0 Å². The van der Waals surface area contributed by atoms with E-state index in [9.17, 15) is 10.1 Å². The number of non-ortho nitro benzene ring substituents is 1. The van der Waals surface area contributed by atoms with E-state index in [0.29, 0.717) is 0 Å². The van der Waals surface area contributed by atoms with Gasteiger partial charge in [-0.05, 0) is 30.9 Å². The van der Waals surface area contributed by atoms with Crippen LogP contribution in [0.3, 0.4) is 0 Å². The molecule has 23 heavy (non-hydrogen) atoms. The molecule has 5 nitrogen and oxygen atoms in total. The van der Waals surface area contributed by atoms with E-state index >= 15 is 0 Å². The second-order valence-electron chi connectivity index (χ2n) is 5.50. The van der Waals surface area contributed by atoms with E-state index in [0.717, 1.165) is 37.8 Å². The van der Waals surface area contributed by atoms with Crippen LogP contribution in [-0.2, 0) is 0 Å².